The number of pyridine rings is 2. The van der Waals surface area contributed by atoms with E-state index in [2.05, 4.69) is 17.0 Å². The summed E-state index contributed by atoms with van der Waals surface area (Å²) in [5.74, 6) is 0.945. The fraction of sp³-hybridized carbons (Fsp3) is 0.368. The standard InChI is InChI=1S/C19H21ClN4O/c1-23(14-5-7-15(25)8-6-14)19-4-2-3-17(22-19)16-12-21-24-10-9-13(20)11-18(16)24/h2-4,9-12,14-15,25H,5-8H2,1H3. The van der Waals surface area contributed by atoms with Crippen LogP contribution in [0.25, 0.3) is 16.8 Å². The molecule has 3 aromatic heterocycles. The molecule has 1 aliphatic rings. The second-order valence-electron chi connectivity index (χ2n) is 6.69. The second-order valence-corrected chi connectivity index (χ2v) is 7.12. The molecular formula is C19H21ClN4O. The van der Waals surface area contributed by atoms with E-state index >= 15 is 0 Å². The van der Waals surface area contributed by atoms with Crippen LogP contribution in [0.4, 0.5) is 5.82 Å². The molecule has 3 aromatic rings. The summed E-state index contributed by atoms with van der Waals surface area (Å²) in [7, 11) is 2.08. The Morgan fingerprint density at radius 3 is 2.80 bits per heavy atom. The molecule has 0 saturated heterocycles. The lowest BCUT2D eigenvalue weighted by atomic mass is 9.92. The number of rotatable bonds is 3. The van der Waals surface area contributed by atoms with Crippen molar-refractivity contribution in [3.63, 3.8) is 0 Å². The zero-order valence-electron chi connectivity index (χ0n) is 14.1. The minimum Gasteiger partial charge on any atom is -0.393 e. The van der Waals surface area contributed by atoms with Crippen LogP contribution in [0.2, 0.25) is 5.02 Å². The smallest absolute Gasteiger partial charge is 0.129 e. The first-order valence-corrected chi connectivity index (χ1v) is 9.01. The minimum atomic E-state index is -0.146. The van der Waals surface area contributed by atoms with Crippen molar-refractivity contribution in [2.75, 3.05) is 11.9 Å². The maximum absolute atomic E-state index is 9.72. The summed E-state index contributed by atoms with van der Waals surface area (Å²) < 4.78 is 1.81. The predicted molar refractivity (Wildman–Crippen MR) is 100 cm³/mol. The normalized spacial score (nSPS) is 20.8. The van der Waals surface area contributed by atoms with Gasteiger partial charge in [0.1, 0.15) is 5.82 Å². The quantitative estimate of drug-likeness (QED) is 0.775. The number of fused-ring (bicyclic) bond motifs is 1. The van der Waals surface area contributed by atoms with Crippen LogP contribution >= 0.6 is 11.6 Å². The van der Waals surface area contributed by atoms with Crippen LogP contribution in [0.1, 0.15) is 25.7 Å². The van der Waals surface area contributed by atoms with Gasteiger partial charge >= 0.3 is 0 Å². The fourth-order valence-electron chi connectivity index (χ4n) is 3.55. The average molecular weight is 357 g/mol. The van der Waals surface area contributed by atoms with Gasteiger partial charge in [-0.15, -0.1) is 0 Å². The number of aliphatic hydroxyl groups excluding tert-OH is 1. The molecule has 5 nitrogen and oxygen atoms in total. The summed E-state index contributed by atoms with van der Waals surface area (Å²) in [5.41, 5.74) is 2.80. The van der Waals surface area contributed by atoms with E-state index in [1.165, 1.54) is 0 Å². The lowest BCUT2D eigenvalue weighted by Crippen LogP contribution is -2.36. The van der Waals surface area contributed by atoms with E-state index in [0.29, 0.717) is 11.1 Å². The number of nitrogens with zero attached hydrogens (tertiary/aromatic N) is 4. The summed E-state index contributed by atoms with van der Waals surface area (Å²) >= 11 is 6.14. The van der Waals surface area contributed by atoms with Crippen molar-refractivity contribution in [2.24, 2.45) is 0 Å². The van der Waals surface area contributed by atoms with Gasteiger partial charge in [-0.25, -0.2) is 9.50 Å². The zero-order valence-corrected chi connectivity index (χ0v) is 14.9. The Kier molecular flexibility index (Phi) is 4.36. The second kappa shape index (κ2) is 6.65. The van der Waals surface area contributed by atoms with Gasteiger partial charge < -0.3 is 10.0 Å². The van der Waals surface area contributed by atoms with E-state index in [-0.39, 0.29) is 6.10 Å². The molecule has 0 radical (unpaired) electrons. The Balaban J connectivity index is 1.66. The Morgan fingerprint density at radius 1 is 1.20 bits per heavy atom. The van der Waals surface area contributed by atoms with Crippen LogP contribution in [0.15, 0.2) is 42.7 Å². The van der Waals surface area contributed by atoms with Gasteiger partial charge in [-0.1, -0.05) is 17.7 Å². The maximum atomic E-state index is 9.72. The van der Waals surface area contributed by atoms with Crippen molar-refractivity contribution in [2.45, 2.75) is 37.8 Å². The largest absolute Gasteiger partial charge is 0.393 e. The topological polar surface area (TPSA) is 53.7 Å². The SMILES string of the molecule is CN(c1cccc(-c2cnn3ccc(Cl)cc23)n1)C1CCC(O)CC1. The first-order chi connectivity index (χ1) is 12.1. The van der Waals surface area contributed by atoms with E-state index in [1.54, 1.807) is 0 Å². The maximum Gasteiger partial charge on any atom is 0.129 e. The van der Waals surface area contributed by atoms with Gasteiger partial charge in [-0.3, -0.25) is 0 Å². The Morgan fingerprint density at radius 2 is 2.00 bits per heavy atom. The van der Waals surface area contributed by atoms with E-state index in [1.807, 2.05) is 47.2 Å². The molecule has 1 N–H and O–H groups in total. The molecule has 0 aliphatic heterocycles. The highest BCUT2D eigenvalue weighted by Crippen LogP contribution is 2.29. The molecule has 3 heterocycles. The van der Waals surface area contributed by atoms with Crippen LogP contribution in [0.3, 0.4) is 0 Å². The highest BCUT2D eigenvalue weighted by molar-refractivity contribution is 6.31. The van der Waals surface area contributed by atoms with Gasteiger partial charge in [-0.2, -0.15) is 5.10 Å². The number of hydrogen-bond acceptors (Lipinski definition) is 4. The first-order valence-electron chi connectivity index (χ1n) is 8.63. The molecule has 1 aliphatic carbocycles. The molecule has 0 atom stereocenters. The van der Waals surface area contributed by atoms with Crippen molar-refractivity contribution in [1.82, 2.24) is 14.6 Å². The molecular weight excluding hydrogens is 336 g/mol. The highest BCUT2D eigenvalue weighted by Gasteiger charge is 2.23. The summed E-state index contributed by atoms with van der Waals surface area (Å²) in [6.45, 7) is 0. The molecule has 1 saturated carbocycles. The minimum absolute atomic E-state index is 0.146. The van der Waals surface area contributed by atoms with Gasteiger partial charge in [0.15, 0.2) is 0 Å². The van der Waals surface area contributed by atoms with Crippen LogP contribution in [0, 0.1) is 0 Å². The van der Waals surface area contributed by atoms with Crippen molar-refractivity contribution >= 4 is 22.9 Å². The van der Waals surface area contributed by atoms with Gasteiger partial charge in [0.25, 0.3) is 0 Å². The lowest BCUT2D eigenvalue weighted by Gasteiger charge is -2.34. The number of anilines is 1. The van der Waals surface area contributed by atoms with Gasteiger partial charge in [0.2, 0.25) is 0 Å². The third kappa shape index (κ3) is 3.22. The molecule has 4 rings (SSSR count). The first kappa shape index (κ1) is 16.4. The third-order valence-electron chi connectivity index (χ3n) is 5.07. The number of halogens is 1. The molecule has 1 fully saturated rings. The number of hydrogen-bond donors (Lipinski definition) is 1. The number of aliphatic hydroxyl groups is 1. The van der Waals surface area contributed by atoms with Crippen LogP contribution < -0.4 is 4.90 Å². The van der Waals surface area contributed by atoms with Crippen molar-refractivity contribution in [1.29, 1.82) is 0 Å². The summed E-state index contributed by atoms with van der Waals surface area (Å²) in [5, 5.41) is 14.8. The Bertz CT molecular complexity index is 886. The van der Waals surface area contributed by atoms with Crippen LogP contribution in [-0.2, 0) is 0 Å². The molecule has 0 spiro atoms. The van der Waals surface area contributed by atoms with Crippen molar-refractivity contribution in [3.05, 3.63) is 47.7 Å². The number of aromatic nitrogens is 3. The molecule has 25 heavy (non-hydrogen) atoms. The van der Waals surface area contributed by atoms with E-state index < -0.39 is 0 Å². The van der Waals surface area contributed by atoms with Gasteiger partial charge in [0.05, 0.1) is 23.5 Å². The molecule has 130 valence electrons. The van der Waals surface area contributed by atoms with E-state index in [0.717, 1.165) is 48.3 Å². The molecule has 0 bridgehead atoms. The van der Waals surface area contributed by atoms with E-state index in [9.17, 15) is 5.11 Å². The fourth-order valence-corrected chi connectivity index (χ4v) is 3.71. The van der Waals surface area contributed by atoms with Crippen molar-refractivity contribution < 1.29 is 5.11 Å². The molecule has 0 aromatic carbocycles. The van der Waals surface area contributed by atoms with Crippen molar-refractivity contribution in [3.8, 4) is 11.3 Å². The molecule has 6 heteroatoms. The lowest BCUT2D eigenvalue weighted by molar-refractivity contribution is 0.122. The average Bonchev–Trinajstić information content (AvgIpc) is 3.05. The zero-order chi connectivity index (χ0) is 17.4. The third-order valence-corrected chi connectivity index (χ3v) is 5.30. The monoisotopic (exact) mass is 356 g/mol. The summed E-state index contributed by atoms with van der Waals surface area (Å²) in [6, 6.07) is 10.2. The highest BCUT2D eigenvalue weighted by atomic mass is 35.5. The van der Waals surface area contributed by atoms with Gasteiger partial charge in [0, 0.05) is 29.9 Å². The summed E-state index contributed by atoms with van der Waals surface area (Å²) in [6.07, 6.45) is 7.25. The Labute approximate surface area is 151 Å². The van der Waals surface area contributed by atoms with Gasteiger partial charge in [-0.05, 0) is 49.9 Å². The Hall–Kier alpha value is -2.11. The molecule has 0 unspecified atom stereocenters. The van der Waals surface area contributed by atoms with Crippen LogP contribution in [0.5, 0.6) is 0 Å². The predicted octanol–water partition coefficient (Wildman–Crippen LogP) is 3.79. The molecule has 0 amide bonds. The van der Waals surface area contributed by atoms with E-state index in [4.69, 9.17) is 16.6 Å². The van der Waals surface area contributed by atoms with Crippen LogP contribution in [-0.4, -0.2) is 38.9 Å². The summed E-state index contributed by atoms with van der Waals surface area (Å²) in [4.78, 5) is 7.09.